The molecule has 1 atom stereocenters. The summed E-state index contributed by atoms with van der Waals surface area (Å²) in [6.45, 7) is 4.81. The standard InChI is InChI=1S/C20H21N3O3/c1-13(2)15-11-19(26-21-15)17-9-6-10-23(17)20(24)16-12-18(25-22-16)14-7-4-3-5-8-14/h3-5,7-8,11-13,17H,6,9-10H2,1-2H3. The predicted molar refractivity (Wildman–Crippen MR) is 95.5 cm³/mol. The molecular weight excluding hydrogens is 330 g/mol. The Bertz CT molecular complexity index is 898. The van der Waals surface area contributed by atoms with E-state index in [0.29, 0.717) is 23.9 Å². The van der Waals surface area contributed by atoms with Crippen LogP contribution in [0.1, 0.15) is 60.6 Å². The van der Waals surface area contributed by atoms with Crippen molar-refractivity contribution in [2.24, 2.45) is 0 Å². The van der Waals surface area contributed by atoms with Crippen molar-refractivity contribution in [3.05, 3.63) is 59.6 Å². The van der Waals surface area contributed by atoms with Gasteiger partial charge in [-0.2, -0.15) is 0 Å². The normalized spacial score (nSPS) is 17.2. The van der Waals surface area contributed by atoms with E-state index >= 15 is 0 Å². The Morgan fingerprint density at radius 3 is 2.69 bits per heavy atom. The number of rotatable bonds is 4. The minimum absolute atomic E-state index is 0.0978. The van der Waals surface area contributed by atoms with Crippen LogP contribution >= 0.6 is 0 Å². The number of carbonyl (C=O) groups excluding carboxylic acids is 1. The van der Waals surface area contributed by atoms with Crippen LogP contribution in [0.25, 0.3) is 11.3 Å². The Morgan fingerprint density at radius 2 is 1.96 bits per heavy atom. The van der Waals surface area contributed by atoms with Gasteiger partial charge in [-0.1, -0.05) is 54.5 Å². The molecule has 1 aromatic carbocycles. The van der Waals surface area contributed by atoms with Crippen molar-refractivity contribution < 1.29 is 13.8 Å². The lowest BCUT2D eigenvalue weighted by molar-refractivity contribution is 0.0704. The molecule has 0 aliphatic carbocycles. The molecule has 0 spiro atoms. The predicted octanol–water partition coefficient (Wildman–Crippen LogP) is 4.43. The van der Waals surface area contributed by atoms with E-state index in [2.05, 4.69) is 24.2 Å². The summed E-state index contributed by atoms with van der Waals surface area (Å²) in [5.74, 6) is 1.49. The van der Waals surface area contributed by atoms with Gasteiger partial charge in [0.25, 0.3) is 5.91 Å². The number of benzene rings is 1. The number of carbonyl (C=O) groups is 1. The monoisotopic (exact) mass is 351 g/mol. The van der Waals surface area contributed by atoms with E-state index in [0.717, 1.165) is 29.9 Å². The second-order valence-electron chi connectivity index (χ2n) is 6.91. The molecule has 1 unspecified atom stereocenters. The molecule has 0 radical (unpaired) electrons. The Kier molecular flexibility index (Phi) is 4.32. The molecule has 3 aromatic rings. The van der Waals surface area contributed by atoms with Gasteiger partial charge in [0.2, 0.25) is 0 Å². The molecule has 1 saturated heterocycles. The van der Waals surface area contributed by atoms with Crippen LogP contribution in [-0.4, -0.2) is 27.7 Å². The van der Waals surface area contributed by atoms with Crippen molar-refractivity contribution in [3.8, 4) is 11.3 Å². The maximum absolute atomic E-state index is 13.0. The summed E-state index contributed by atoms with van der Waals surface area (Å²) in [5.41, 5.74) is 2.13. The first-order valence-corrected chi connectivity index (χ1v) is 8.93. The maximum atomic E-state index is 13.0. The number of likely N-dealkylation sites (tertiary alicyclic amines) is 1. The summed E-state index contributed by atoms with van der Waals surface area (Å²) in [4.78, 5) is 14.8. The van der Waals surface area contributed by atoms with Gasteiger partial charge in [0.05, 0.1) is 11.7 Å². The molecule has 1 aliphatic rings. The van der Waals surface area contributed by atoms with Crippen LogP contribution in [0, 0.1) is 0 Å². The topological polar surface area (TPSA) is 72.4 Å². The third-order valence-corrected chi connectivity index (χ3v) is 4.77. The Hall–Kier alpha value is -2.89. The zero-order valence-electron chi connectivity index (χ0n) is 14.9. The van der Waals surface area contributed by atoms with Crippen molar-refractivity contribution in [3.63, 3.8) is 0 Å². The largest absolute Gasteiger partial charge is 0.359 e. The number of hydrogen-bond donors (Lipinski definition) is 0. The van der Waals surface area contributed by atoms with Crippen LogP contribution in [0.15, 0.2) is 51.5 Å². The summed E-state index contributed by atoms with van der Waals surface area (Å²) in [6.07, 6.45) is 1.79. The molecule has 3 heterocycles. The lowest BCUT2D eigenvalue weighted by atomic mass is 10.1. The summed E-state index contributed by atoms with van der Waals surface area (Å²) in [7, 11) is 0. The summed E-state index contributed by atoms with van der Waals surface area (Å²) in [5, 5.41) is 8.11. The molecule has 0 N–H and O–H groups in total. The highest BCUT2D eigenvalue weighted by molar-refractivity contribution is 5.93. The third-order valence-electron chi connectivity index (χ3n) is 4.77. The van der Waals surface area contributed by atoms with Crippen LogP contribution in [0.2, 0.25) is 0 Å². The van der Waals surface area contributed by atoms with E-state index in [-0.39, 0.29) is 11.9 Å². The zero-order valence-corrected chi connectivity index (χ0v) is 14.9. The van der Waals surface area contributed by atoms with Gasteiger partial charge in [0, 0.05) is 24.2 Å². The molecule has 134 valence electrons. The fraction of sp³-hybridized carbons (Fsp3) is 0.350. The first-order valence-electron chi connectivity index (χ1n) is 8.93. The first-order chi connectivity index (χ1) is 12.6. The lowest BCUT2D eigenvalue weighted by Crippen LogP contribution is -2.30. The first kappa shape index (κ1) is 16.6. The number of aromatic nitrogens is 2. The van der Waals surface area contributed by atoms with Crippen molar-refractivity contribution in [2.75, 3.05) is 6.54 Å². The number of nitrogens with zero attached hydrogens (tertiary/aromatic N) is 3. The van der Waals surface area contributed by atoms with Gasteiger partial charge in [-0.15, -0.1) is 0 Å². The van der Waals surface area contributed by atoms with Crippen molar-refractivity contribution in [1.82, 2.24) is 15.2 Å². The molecule has 2 aromatic heterocycles. The van der Waals surface area contributed by atoms with Crippen LogP contribution in [-0.2, 0) is 0 Å². The fourth-order valence-electron chi connectivity index (χ4n) is 3.30. The Morgan fingerprint density at radius 1 is 1.15 bits per heavy atom. The van der Waals surface area contributed by atoms with Crippen LogP contribution in [0.5, 0.6) is 0 Å². The smallest absolute Gasteiger partial charge is 0.276 e. The second-order valence-corrected chi connectivity index (χ2v) is 6.91. The van der Waals surface area contributed by atoms with Gasteiger partial charge >= 0.3 is 0 Å². The minimum atomic E-state index is -0.138. The molecule has 1 aliphatic heterocycles. The average Bonchev–Trinajstić information content (AvgIpc) is 3.41. The molecule has 1 amide bonds. The minimum Gasteiger partial charge on any atom is -0.359 e. The summed E-state index contributed by atoms with van der Waals surface area (Å²) < 4.78 is 10.9. The zero-order chi connectivity index (χ0) is 18.1. The highest BCUT2D eigenvalue weighted by Gasteiger charge is 2.34. The Balaban J connectivity index is 1.56. The van der Waals surface area contributed by atoms with Gasteiger partial charge in [-0.05, 0) is 18.8 Å². The molecule has 6 heteroatoms. The fourth-order valence-corrected chi connectivity index (χ4v) is 3.30. The highest BCUT2D eigenvalue weighted by Crippen LogP contribution is 2.34. The average molecular weight is 351 g/mol. The molecule has 0 bridgehead atoms. The van der Waals surface area contributed by atoms with E-state index in [1.54, 1.807) is 11.0 Å². The van der Waals surface area contributed by atoms with E-state index in [9.17, 15) is 4.79 Å². The van der Waals surface area contributed by atoms with Gasteiger partial charge < -0.3 is 13.9 Å². The molecule has 1 fully saturated rings. The number of hydrogen-bond acceptors (Lipinski definition) is 5. The summed E-state index contributed by atoms with van der Waals surface area (Å²) in [6, 6.07) is 13.2. The van der Waals surface area contributed by atoms with Crippen molar-refractivity contribution >= 4 is 5.91 Å². The van der Waals surface area contributed by atoms with Gasteiger partial charge in [0.1, 0.15) is 0 Å². The second kappa shape index (κ2) is 6.78. The highest BCUT2D eigenvalue weighted by atomic mass is 16.5. The van der Waals surface area contributed by atoms with Gasteiger partial charge in [0.15, 0.2) is 17.2 Å². The van der Waals surface area contributed by atoms with Crippen LogP contribution in [0.4, 0.5) is 0 Å². The molecular formula is C20H21N3O3. The maximum Gasteiger partial charge on any atom is 0.276 e. The van der Waals surface area contributed by atoms with Gasteiger partial charge in [-0.25, -0.2) is 0 Å². The van der Waals surface area contributed by atoms with Crippen molar-refractivity contribution in [1.29, 1.82) is 0 Å². The Labute approximate surface area is 151 Å². The van der Waals surface area contributed by atoms with E-state index in [1.807, 2.05) is 36.4 Å². The van der Waals surface area contributed by atoms with Crippen molar-refractivity contribution in [2.45, 2.75) is 38.6 Å². The van der Waals surface area contributed by atoms with Gasteiger partial charge in [-0.3, -0.25) is 4.79 Å². The molecule has 26 heavy (non-hydrogen) atoms. The molecule has 0 saturated carbocycles. The molecule has 4 rings (SSSR count). The molecule has 6 nitrogen and oxygen atoms in total. The van der Waals surface area contributed by atoms with E-state index in [1.165, 1.54) is 0 Å². The third kappa shape index (κ3) is 3.03. The quantitative estimate of drug-likeness (QED) is 0.695. The lowest BCUT2D eigenvalue weighted by Gasteiger charge is -2.21. The van der Waals surface area contributed by atoms with E-state index in [4.69, 9.17) is 9.05 Å². The van der Waals surface area contributed by atoms with Crippen LogP contribution in [0.3, 0.4) is 0 Å². The SMILES string of the molecule is CC(C)c1cc(C2CCCN2C(=O)c2cc(-c3ccccc3)on2)on1. The van der Waals surface area contributed by atoms with Crippen LogP contribution < -0.4 is 0 Å². The number of amides is 1. The summed E-state index contributed by atoms with van der Waals surface area (Å²) >= 11 is 0. The van der Waals surface area contributed by atoms with E-state index < -0.39 is 0 Å².